The minimum absolute atomic E-state index is 0.0577. The van der Waals surface area contributed by atoms with E-state index in [1.54, 1.807) is 25.2 Å². The van der Waals surface area contributed by atoms with Gasteiger partial charge in [-0.2, -0.15) is 0 Å². The van der Waals surface area contributed by atoms with E-state index < -0.39 is 0 Å². The van der Waals surface area contributed by atoms with Gasteiger partial charge in [0.25, 0.3) is 0 Å². The third kappa shape index (κ3) is 5.55. The second-order valence-corrected chi connectivity index (χ2v) is 5.92. The first-order chi connectivity index (χ1) is 8.63. The van der Waals surface area contributed by atoms with Gasteiger partial charge in [0.15, 0.2) is 0 Å². The number of hydrogen-bond donors (Lipinski definition) is 1. The highest BCUT2D eigenvalue weighted by Crippen LogP contribution is 2.12. The molecule has 0 saturated carbocycles. The summed E-state index contributed by atoms with van der Waals surface area (Å²) in [5, 5.41) is 4.56. The van der Waals surface area contributed by atoms with Crippen molar-refractivity contribution in [1.82, 2.24) is 5.32 Å². The number of ether oxygens (including phenoxy) is 1. The number of carbonyl (C=O) groups is 2. The highest BCUT2D eigenvalue weighted by molar-refractivity contribution is 8.01. The monoisotopic (exact) mass is 287 g/mol. The zero-order valence-corrected chi connectivity index (χ0v) is 12.1. The van der Waals surface area contributed by atoms with Crippen LogP contribution in [0, 0.1) is 0 Å². The zero-order chi connectivity index (χ0) is 13.4. The van der Waals surface area contributed by atoms with Crippen LogP contribution >= 0.6 is 23.1 Å². The fourth-order valence-corrected chi connectivity index (χ4v) is 2.55. The lowest BCUT2D eigenvalue weighted by Crippen LogP contribution is -2.30. The van der Waals surface area contributed by atoms with Gasteiger partial charge in [0, 0.05) is 4.88 Å². The molecule has 1 aromatic heterocycles. The largest absolute Gasteiger partial charge is 0.465 e. The van der Waals surface area contributed by atoms with Crippen LogP contribution in [0.4, 0.5) is 0 Å². The van der Waals surface area contributed by atoms with Gasteiger partial charge < -0.3 is 10.1 Å². The van der Waals surface area contributed by atoms with E-state index >= 15 is 0 Å². The maximum atomic E-state index is 11.7. The average molecular weight is 287 g/mol. The van der Waals surface area contributed by atoms with Crippen molar-refractivity contribution in [2.45, 2.75) is 25.6 Å². The van der Waals surface area contributed by atoms with Crippen molar-refractivity contribution in [1.29, 1.82) is 0 Å². The fourth-order valence-electron chi connectivity index (χ4n) is 1.20. The van der Waals surface area contributed by atoms with E-state index in [1.807, 2.05) is 17.5 Å². The molecule has 0 bridgehead atoms. The Hall–Kier alpha value is -1.01. The van der Waals surface area contributed by atoms with Crippen LogP contribution < -0.4 is 5.32 Å². The van der Waals surface area contributed by atoms with Crippen molar-refractivity contribution >= 4 is 35.0 Å². The number of thiophene rings is 1. The van der Waals surface area contributed by atoms with E-state index in [4.69, 9.17) is 4.74 Å². The lowest BCUT2D eigenvalue weighted by molar-refractivity contribution is -0.139. The molecule has 1 unspecified atom stereocenters. The van der Waals surface area contributed by atoms with Crippen LogP contribution in [0.3, 0.4) is 0 Å². The van der Waals surface area contributed by atoms with Crippen LogP contribution in [0.5, 0.6) is 0 Å². The zero-order valence-electron chi connectivity index (χ0n) is 10.5. The third-order valence-electron chi connectivity index (χ3n) is 2.14. The molecule has 0 aliphatic rings. The molecular formula is C12H17NO3S2. The smallest absolute Gasteiger partial charge is 0.315 e. The molecule has 6 heteroatoms. The minimum Gasteiger partial charge on any atom is -0.465 e. The predicted molar refractivity (Wildman–Crippen MR) is 74.7 cm³/mol. The molecule has 0 fully saturated rings. The lowest BCUT2D eigenvalue weighted by Gasteiger charge is -2.10. The first-order valence-electron chi connectivity index (χ1n) is 5.70. The summed E-state index contributed by atoms with van der Waals surface area (Å²) < 4.78 is 4.80. The first kappa shape index (κ1) is 15.0. The Morgan fingerprint density at radius 1 is 1.56 bits per heavy atom. The standard InChI is InChI=1S/C12H17NO3S2/c1-3-16-11(14)8-18-9(2)12(15)13-7-10-5-4-6-17-10/h4-6,9H,3,7-8H2,1-2H3,(H,13,15). The Morgan fingerprint density at radius 2 is 2.33 bits per heavy atom. The summed E-state index contributed by atoms with van der Waals surface area (Å²) in [5.74, 6) is -0.125. The average Bonchev–Trinajstić information content (AvgIpc) is 2.86. The molecule has 1 aromatic rings. The van der Waals surface area contributed by atoms with Gasteiger partial charge in [-0.3, -0.25) is 9.59 Å². The number of esters is 1. The third-order valence-corrected chi connectivity index (χ3v) is 4.14. The van der Waals surface area contributed by atoms with Crippen LogP contribution in [-0.4, -0.2) is 29.5 Å². The van der Waals surface area contributed by atoms with Crippen LogP contribution in [0.15, 0.2) is 17.5 Å². The lowest BCUT2D eigenvalue weighted by atomic mass is 10.4. The topological polar surface area (TPSA) is 55.4 Å². The predicted octanol–water partition coefficient (Wildman–Crippen LogP) is 2.05. The molecule has 1 N–H and O–H groups in total. The second-order valence-electron chi connectivity index (χ2n) is 3.56. The van der Waals surface area contributed by atoms with Crippen molar-refractivity contribution in [3.05, 3.63) is 22.4 Å². The second kappa shape index (κ2) is 8.16. The van der Waals surface area contributed by atoms with Crippen molar-refractivity contribution in [2.75, 3.05) is 12.4 Å². The minimum atomic E-state index is -0.277. The number of amides is 1. The van der Waals surface area contributed by atoms with Crippen molar-refractivity contribution in [2.24, 2.45) is 0 Å². The highest BCUT2D eigenvalue weighted by Gasteiger charge is 2.15. The molecule has 1 atom stereocenters. The molecule has 0 aromatic carbocycles. The van der Waals surface area contributed by atoms with Gasteiger partial charge in [-0.05, 0) is 25.3 Å². The summed E-state index contributed by atoms with van der Waals surface area (Å²) in [6.45, 7) is 4.46. The molecule has 1 amide bonds. The first-order valence-corrected chi connectivity index (χ1v) is 7.63. The van der Waals surface area contributed by atoms with Crippen LogP contribution in [0.2, 0.25) is 0 Å². The van der Waals surface area contributed by atoms with Gasteiger partial charge in [-0.25, -0.2) is 0 Å². The molecule has 0 saturated heterocycles. The molecule has 0 aliphatic heterocycles. The van der Waals surface area contributed by atoms with Crippen molar-refractivity contribution in [3.8, 4) is 0 Å². The van der Waals surface area contributed by atoms with Gasteiger partial charge in [-0.1, -0.05) is 6.07 Å². The van der Waals surface area contributed by atoms with Gasteiger partial charge >= 0.3 is 5.97 Å². The molecule has 1 heterocycles. The molecule has 0 aliphatic carbocycles. The van der Waals surface area contributed by atoms with E-state index in [0.717, 1.165) is 4.88 Å². The molecule has 18 heavy (non-hydrogen) atoms. The van der Waals surface area contributed by atoms with Crippen molar-refractivity contribution in [3.63, 3.8) is 0 Å². The summed E-state index contributed by atoms with van der Waals surface area (Å²) in [4.78, 5) is 24.0. The van der Waals surface area contributed by atoms with E-state index in [9.17, 15) is 9.59 Å². The van der Waals surface area contributed by atoms with E-state index in [1.165, 1.54) is 11.8 Å². The fraction of sp³-hybridized carbons (Fsp3) is 0.500. The van der Waals surface area contributed by atoms with Gasteiger partial charge in [0.05, 0.1) is 24.2 Å². The molecular weight excluding hydrogens is 270 g/mol. The van der Waals surface area contributed by atoms with Crippen LogP contribution in [0.25, 0.3) is 0 Å². The summed E-state index contributed by atoms with van der Waals surface area (Å²) in [6.07, 6.45) is 0. The molecule has 1 rings (SSSR count). The van der Waals surface area contributed by atoms with E-state index in [2.05, 4.69) is 5.32 Å². The number of hydrogen-bond acceptors (Lipinski definition) is 5. The van der Waals surface area contributed by atoms with Gasteiger partial charge in [0.1, 0.15) is 0 Å². The summed E-state index contributed by atoms with van der Waals surface area (Å²) in [7, 11) is 0. The van der Waals surface area contributed by atoms with Crippen LogP contribution in [0.1, 0.15) is 18.7 Å². The van der Waals surface area contributed by atoms with E-state index in [0.29, 0.717) is 13.2 Å². The SMILES string of the molecule is CCOC(=O)CSC(C)C(=O)NCc1cccs1. The summed E-state index contributed by atoms with van der Waals surface area (Å²) in [6, 6.07) is 3.92. The van der Waals surface area contributed by atoms with Crippen molar-refractivity contribution < 1.29 is 14.3 Å². The maximum Gasteiger partial charge on any atom is 0.315 e. The van der Waals surface area contributed by atoms with Gasteiger partial charge in [-0.15, -0.1) is 23.1 Å². The Kier molecular flexibility index (Phi) is 6.82. The van der Waals surface area contributed by atoms with Gasteiger partial charge in [0.2, 0.25) is 5.91 Å². The number of nitrogens with one attached hydrogen (secondary N) is 1. The quantitative estimate of drug-likeness (QED) is 0.780. The highest BCUT2D eigenvalue weighted by atomic mass is 32.2. The summed E-state index contributed by atoms with van der Waals surface area (Å²) in [5.41, 5.74) is 0. The summed E-state index contributed by atoms with van der Waals surface area (Å²) >= 11 is 2.89. The normalized spacial score (nSPS) is 11.9. The van der Waals surface area contributed by atoms with Crippen LogP contribution in [-0.2, 0) is 20.9 Å². The Morgan fingerprint density at radius 3 is 2.94 bits per heavy atom. The Bertz CT molecular complexity index is 379. The molecule has 0 spiro atoms. The number of thioether (sulfide) groups is 1. The molecule has 100 valence electrons. The van der Waals surface area contributed by atoms with E-state index in [-0.39, 0.29) is 22.9 Å². The maximum absolute atomic E-state index is 11.7. The molecule has 4 nitrogen and oxygen atoms in total. The number of rotatable bonds is 7. The number of carbonyl (C=O) groups excluding carboxylic acids is 2. The Balaban J connectivity index is 2.22. The molecule has 0 radical (unpaired) electrons. The Labute approximate surface area is 115 Å².